The van der Waals surface area contributed by atoms with E-state index in [1.807, 2.05) is 11.8 Å². The Morgan fingerprint density at radius 2 is 1.95 bits per heavy atom. The Bertz CT molecular complexity index is 1730. The number of aromatic amines is 1. The molecule has 17 heteroatoms. The van der Waals surface area contributed by atoms with E-state index in [9.17, 15) is 18.5 Å². The molecule has 0 amide bonds. The molecule has 1 fully saturated rings. The number of nitro groups is 1. The zero-order chi connectivity index (χ0) is 29.9. The van der Waals surface area contributed by atoms with Gasteiger partial charge in [0.15, 0.2) is 22.6 Å². The summed E-state index contributed by atoms with van der Waals surface area (Å²) < 4.78 is 54.4. The highest BCUT2D eigenvalue weighted by molar-refractivity contribution is 7.99. The van der Waals surface area contributed by atoms with Gasteiger partial charge in [-0.1, -0.05) is 6.07 Å². The van der Waals surface area contributed by atoms with Crippen LogP contribution in [0.5, 0.6) is 5.75 Å². The molecule has 0 unspecified atom stereocenters. The topological polar surface area (TPSA) is 178 Å². The summed E-state index contributed by atoms with van der Waals surface area (Å²) in [5.74, 6) is 0.825. The van der Waals surface area contributed by atoms with Crippen molar-refractivity contribution in [2.24, 2.45) is 0 Å². The molecule has 0 atom stereocenters. The minimum Gasteiger partial charge on any atom is -0.490 e. The molecule has 220 valence electrons. The number of nitrogens with one attached hydrogen (secondary N) is 3. The van der Waals surface area contributed by atoms with Crippen LogP contribution in [0.25, 0.3) is 0 Å². The number of nitro benzene ring substituents is 1. The first-order chi connectivity index (χ1) is 20.1. The smallest absolute Gasteiger partial charge is 0.271 e. The third-order valence-electron chi connectivity index (χ3n) is 6.02. The van der Waals surface area contributed by atoms with Gasteiger partial charge in [-0.3, -0.25) is 19.9 Å². The molecule has 2 aromatic heterocycles. The van der Waals surface area contributed by atoms with Gasteiger partial charge in [0.1, 0.15) is 5.82 Å². The number of morpholine rings is 1. The Labute approximate surface area is 243 Å². The lowest BCUT2D eigenvalue weighted by atomic mass is 10.3. The molecule has 2 aromatic carbocycles. The molecule has 3 N–H and O–H groups in total. The average molecular weight is 617 g/mol. The number of methoxy groups -OCH3 is 1. The first-order valence-corrected chi connectivity index (χ1v) is 14.8. The van der Waals surface area contributed by atoms with E-state index in [-0.39, 0.29) is 26.3 Å². The quantitative estimate of drug-likeness (QED) is 0.132. The highest BCUT2D eigenvalue weighted by Gasteiger charge is 2.25. The largest absolute Gasteiger partial charge is 0.490 e. The molecule has 14 nitrogen and oxygen atoms in total. The Balaban J connectivity index is 1.44. The summed E-state index contributed by atoms with van der Waals surface area (Å²) in [6.45, 7) is 3.94. The van der Waals surface area contributed by atoms with Crippen molar-refractivity contribution in [3.63, 3.8) is 0 Å². The molecular formula is C25H25FN8O6S2. The molecule has 4 aromatic rings. The van der Waals surface area contributed by atoms with Gasteiger partial charge in [-0.05, 0) is 43.0 Å². The van der Waals surface area contributed by atoms with Crippen LogP contribution in [0, 0.1) is 22.9 Å². The zero-order valence-corrected chi connectivity index (χ0v) is 24.0. The molecule has 3 heterocycles. The van der Waals surface area contributed by atoms with E-state index >= 15 is 4.39 Å². The molecule has 0 saturated carbocycles. The van der Waals surface area contributed by atoms with Crippen molar-refractivity contribution in [2.75, 3.05) is 48.4 Å². The van der Waals surface area contributed by atoms with E-state index in [4.69, 9.17) is 9.47 Å². The molecule has 1 saturated heterocycles. The van der Waals surface area contributed by atoms with Crippen molar-refractivity contribution in [3.8, 4) is 5.75 Å². The van der Waals surface area contributed by atoms with Crippen molar-refractivity contribution in [1.29, 1.82) is 0 Å². The highest BCUT2D eigenvalue weighted by atomic mass is 32.2. The number of ether oxygens (including phenoxy) is 2. The number of hydrogen-bond donors (Lipinski definition) is 3. The first kappa shape index (κ1) is 29.0. The van der Waals surface area contributed by atoms with Gasteiger partial charge >= 0.3 is 0 Å². The third kappa shape index (κ3) is 6.53. The number of aromatic nitrogens is 4. The zero-order valence-electron chi connectivity index (χ0n) is 22.3. The number of hydrogen-bond acceptors (Lipinski definition) is 12. The maximum atomic E-state index is 15.3. The number of benzene rings is 2. The standard InChI is InChI=1S/C25H25FN8O6S2/c1-15-12-21(31-30-15)27-23-22(39-2)24(33-8-10-40-11-9-33)29-25(28-23)41-20-7-6-18(14-19(20)26)42(37,38)32-16-4-3-5-17(13-16)34(35)36/h3-7,12-14,32H,8-11H2,1-2H3,(H2,27,28,29,30,31). The van der Waals surface area contributed by atoms with Gasteiger partial charge in [0.25, 0.3) is 15.7 Å². The Hall–Kier alpha value is -4.48. The summed E-state index contributed by atoms with van der Waals surface area (Å²) in [4.78, 5) is 21.2. The second kappa shape index (κ2) is 12.2. The van der Waals surface area contributed by atoms with Crippen molar-refractivity contribution >= 4 is 50.6 Å². The van der Waals surface area contributed by atoms with Crippen LogP contribution in [0.2, 0.25) is 0 Å². The van der Waals surface area contributed by atoms with Gasteiger partial charge in [-0.2, -0.15) is 5.10 Å². The summed E-state index contributed by atoms with van der Waals surface area (Å²) in [5, 5.41) is 21.3. The number of H-pyrrole nitrogens is 1. The van der Waals surface area contributed by atoms with Crippen LogP contribution in [0.1, 0.15) is 5.69 Å². The van der Waals surface area contributed by atoms with Gasteiger partial charge in [-0.15, -0.1) is 0 Å². The molecule has 1 aliphatic heterocycles. The lowest BCUT2D eigenvalue weighted by Gasteiger charge is -2.29. The van der Waals surface area contributed by atoms with Crippen LogP contribution in [-0.4, -0.2) is 66.9 Å². The summed E-state index contributed by atoms with van der Waals surface area (Å²) in [6, 6.07) is 10.2. The van der Waals surface area contributed by atoms with E-state index < -0.39 is 20.8 Å². The van der Waals surface area contributed by atoms with E-state index in [1.165, 1.54) is 37.4 Å². The summed E-state index contributed by atoms with van der Waals surface area (Å²) in [5.41, 5.74) is 0.503. The first-order valence-electron chi connectivity index (χ1n) is 12.5. The number of nitrogens with zero attached hydrogens (tertiary/aromatic N) is 5. The Morgan fingerprint density at radius 1 is 1.17 bits per heavy atom. The number of aryl methyl sites for hydroxylation is 1. The van der Waals surface area contributed by atoms with Gasteiger partial charge in [0.2, 0.25) is 5.75 Å². The lowest BCUT2D eigenvalue weighted by molar-refractivity contribution is -0.384. The van der Waals surface area contributed by atoms with Crippen LogP contribution < -0.4 is 19.7 Å². The number of non-ortho nitro benzene ring substituents is 1. The maximum Gasteiger partial charge on any atom is 0.271 e. The SMILES string of the molecule is COc1c(Nc2cc(C)[nH]n2)nc(Sc2ccc(S(=O)(=O)Nc3cccc([N+](=O)[O-])c3)cc2F)nc1N1CCOCC1. The molecule has 5 rings (SSSR count). The molecule has 0 radical (unpaired) electrons. The van der Waals surface area contributed by atoms with Crippen LogP contribution in [0.15, 0.2) is 63.5 Å². The van der Waals surface area contributed by atoms with Crippen molar-refractivity contribution in [3.05, 3.63) is 70.2 Å². The minimum atomic E-state index is -4.25. The van der Waals surface area contributed by atoms with E-state index in [1.54, 1.807) is 6.07 Å². The fourth-order valence-electron chi connectivity index (χ4n) is 4.06. The maximum absolute atomic E-state index is 15.3. The monoisotopic (exact) mass is 616 g/mol. The van der Waals surface area contributed by atoms with Gasteiger partial charge in [0.05, 0.1) is 40.7 Å². The van der Waals surface area contributed by atoms with Gasteiger partial charge < -0.3 is 19.7 Å². The summed E-state index contributed by atoms with van der Waals surface area (Å²) >= 11 is 0.901. The molecule has 0 aliphatic carbocycles. The Morgan fingerprint density at radius 3 is 2.62 bits per heavy atom. The van der Waals surface area contributed by atoms with Gasteiger partial charge in [-0.25, -0.2) is 22.8 Å². The van der Waals surface area contributed by atoms with Crippen LogP contribution >= 0.6 is 11.8 Å². The highest BCUT2D eigenvalue weighted by Crippen LogP contribution is 2.39. The molecule has 0 spiro atoms. The molecule has 42 heavy (non-hydrogen) atoms. The van der Waals surface area contributed by atoms with Crippen molar-refractivity contribution < 1.29 is 27.2 Å². The Kier molecular flexibility index (Phi) is 8.41. The van der Waals surface area contributed by atoms with Crippen molar-refractivity contribution in [1.82, 2.24) is 20.2 Å². The van der Waals surface area contributed by atoms with Crippen LogP contribution in [-0.2, 0) is 14.8 Å². The molecule has 0 bridgehead atoms. The summed E-state index contributed by atoms with van der Waals surface area (Å²) in [6.07, 6.45) is 0. The number of rotatable bonds is 10. The molecule has 1 aliphatic rings. The number of sulfonamides is 1. The second-order valence-electron chi connectivity index (χ2n) is 8.98. The second-order valence-corrected chi connectivity index (χ2v) is 11.7. The van der Waals surface area contributed by atoms with Crippen LogP contribution in [0.3, 0.4) is 0 Å². The third-order valence-corrected chi connectivity index (χ3v) is 8.31. The molecular weight excluding hydrogens is 591 g/mol. The van der Waals surface area contributed by atoms with Crippen molar-refractivity contribution in [2.45, 2.75) is 21.9 Å². The van der Waals surface area contributed by atoms with Crippen LogP contribution in [0.4, 0.5) is 33.2 Å². The van der Waals surface area contributed by atoms with E-state index in [0.717, 1.165) is 29.6 Å². The summed E-state index contributed by atoms with van der Waals surface area (Å²) in [7, 11) is -2.75. The van der Waals surface area contributed by atoms with E-state index in [2.05, 4.69) is 30.2 Å². The average Bonchev–Trinajstić information content (AvgIpc) is 3.38. The normalized spacial score (nSPS) is 13.5. The van der Waals surface area contributed by atoms with E-state index in [0.29, 0.717) is 49.5 Å². The fraction of sp³-hybridized carbons (Fsp3) is 0.240. The predicted octanol–water partition coefficient (Wildman–Crippen LogP) is 4.10. The minimum absolute atomic E-state index is 0.0301. The lowest BCUT2D eigenvalue weighted by Crippen LogP contribution is -2.37. The fourth-order valence-corrected chi connectivity index (χ4v) is 5.88. The number of anilines is 4. The van der Waals surface area contributed by atoms with Gasteiger partial charge in [0, 0.05) is 37.0 Å². The number of halogens is 1. The predicted molar refractivity (Wildman–Crippen MR) is 153 cm³/mol.